The summed E-state index contributed by atoms with van der Waals surface area (Å²) < 4.78 is 1.69. The SMILES string of the molecule is CCc1cc(C(=O)CCc2ccsc2)n(C)n1. The van der Waals surface area contributed by atoms with Crippen LogP contribution in [0.4, 0.5) is 0 Å². The van der Waals surface area contributed by atoms with Crippen molar-refractivity contribution >= 4 is 17.1 Å². The fraction of sp³-hybridized carbons (Fsp3) is 0.385. The highest BCUT2D eigenvalue weighted by molar-refractivity contribution is 7.07. The van der Waals surface area contributed by atoms with Gasteiger partial charge in [0.1, 0.15) is 5.69 Å². The lowest BCUT2D eigenvalue weighted by Crippen LogP contribution is -2.07. The average molecular weight is 248 g/mol. The molecule has 2 rings (SSSR count). The number of ketones is 1. The van der Waals surface area contributed by atoms with E-state index in [-0.39, 0.29) is 5.78 Å². The molecule has 0 atom stereocenters. The molecule has 0 fully saturated rings. The van der Waals surface area contributed by atoms with Crippen LogP contribution in [0.1, 0.15) is 35.1 Å². The highest BCUT2D eigenvalue weighted by Gasteiger charge is 2.12. The van der Waals surface area contributed by atoms with Gasteiger partial charge in [-0.15, -0.1) is 0 Å². The van der Waals surface area contributed by atoms with Gasteiger partial charge in [-0.3, -0.25) is 9.48 Å². The lowest BCUT2D eigenvalue weighted by molar-refractivity contribution is 0.0974. The predicted molar refractivity (Wildman–Crippen MR) is 69.6 cm³/mol. The van der Waals surface area contributed by atoms with Gasteiger partial charge in [0.15, 0.2) is 5.78 Å². The Morgan fingerprint density at radius 3 is 2.94 bits per heavy atom. The first-order valence-corrected chi connectivity index (χ1v) is 6.72. The number of thiophene rings is 1. The van der Waals surface area contributed by atoms with Crippen LogP contribution in [0.3, 0.4) is 0 Å². The number of nitrogens with zero attached hydrogens (tertiary/aromatic N) is 2. The molecule has 2 aromatic heterocycles. The molecule has 0 aliphatic rings. The molecule has 0 N–H and O–H groups in total. The number of hydrogen-bond donors (Lipinski definition) is 0. The van der Waals surface area contributed by atoms with Crippen LogP contribution in [-0.4, -0.2) is 15.6 Å². The van der Waals surface area contributed by atoms with E-state index in [0.29, 0.717) is 6.42 Å². The third-order valence-electron chi connectivity index (χ3n) is 2.80. The maximum Gasteiger partial charge on any atom is 0.181 e. The number of aryl methyl sites for hydroxylation is 3. The molecule has 0 saturated heterocycles. The fourth-order valence-electron chi connectivity index (χ4n) is 1.78. The minimum Gasteiger partial charge on any atom is -0.292 e. The quantitative estimate of drug-likeness (QED) is 0.763. The van der Waals surface area contributed by atoms with E-state index in [1.165, 1.54) is 5.56 Å². The smallest absolute Gasteiger partial charge is 0.181 e. The first kappa shape index (κ1) is 12.0. The van der Waals surface area contributed by atoms with Gasteiger partial charge >= 0.3 is 0 Å². The summed E-state index contributed by atoms with van der Waals surface area (Å²) in [5.74, 6) is 0.172. The highest BCUT2D eigenvalue weighted by Crippen LogP contribution is 2.12. The summed E-state index contributed by atoms with van der Waals surface area (Å²) in [7, 11) is 1.83. The Hall–Kier alpha value is -1.42. The van der Waals surface area contributed by atoms with Crippen LogP contribution in [0.5, 0.6) is 0 Å². The van der Waals surface area contributed by atoms with Crippen LogP contribution in [0.2, 0.25) is 0 Å². The molecular weight excluding hydrogens is 232 g/mol. The van der Waals surface area contributed by atoms with Crippen molar-refractivity contribution in [3.8, 4) is 0 Å². The van der Waals surface area contributed by atoms with Crippen molar-refractivity contribution in [2.45, 2.75) is 26.2 Å². The molecule has 0 spiro atoms. The minimum atomic E-state index is 0.172. The Morgan fingerprint density at radius 2 is 2.35 bits per heavy atom. The maximum atomic E-state index is 12.0. The summed E-state index contributed by atoms with van der Waals surface area (Å²) in [5, 5.41) is 8.43. The molecule has 4 heteroatoms. The molecule has 90 valence electrons. The second-order valence-electron chi connectivity index (χ2n) is 4.05. The topological polar surface area (TPSA) is 34.9 Å². The van der Waals surface area contributed by atoms with Crippen LogP contribution in [0, 0.1) is 0 Å². The molecule has 0 aliphatic heterocycles. The lowest BCUT2D eigenvalue weighted by Gasteiger charge is -2.00. The molecule has 3 nitrogen and oxygen atoms in total. The summed E-state index contributed by atoms with van der Waals surface area (Å²) in [6, 6.07) is 3.97. The van der Waals surface area contributed by atoms with Crippen LogP contribution in [0.25, 0.3) is 0 Å². The largest absolute Gasteiger partial charge is 0.292 e. The predicted octanol–water partition coefficient (Wildman–Crippen LogP) is 2.86. The van der Waals surface area contributed by atoms with Gasteiger partial charge in [-0.25, -0.2) is 0 Å². The van der Waals surface area contributed by atoms with Crippen LogP contribution < -0.4 is 0 Å². The van der Waals surface area contributed by atoms with E-state index in [9.17, 15) is 4.79 Å². The molecule has 0 radical (unpaired) electrons. The molecule has 17 heavy (non-hydrogen) atoms. The van der Waals surface area contributed by atoms with Gasteiger partial charge in [0.2, 0.25) is 0 Å². The van der Waals surface area contributed by atoms with E-state index < -0.39 is 0 Å². The van der Waals surface area contributed by atoms with Crippen molar-refractivity contribution in [2.75, 3.05) is 0 Å². The number of rotatable bonds is 5. The number of aromatic nitrogens is 2. The minimum absolute atomic E-state index is 0.172. The third-order valence-corrected chi connectivity index (χ3v) is 3.53. The van der Waals surface area contributed by atoms with Crippen molar-refractivity contribution in [1.82, 2.24) is 9.78 Å². The standard InChI is InChI=1S/C13H16N2OS/c1-3-11-8-12(15(2)14-11)13(16)5-4-10-6-7-17-9-10/h6-9H,3-5H2,1-2H3. The van der Waals surface area contributed by atoms with E-state index >= 15 is 0 Å². The van der Waals surface area contributed by atoms with Crippen LogP contribution in [0.15, 0.2) is 22.9 Å². The molecule has 0 saturated carbocycles. The zero-order valence-electron chi connectivity index (χ0n) is 10.1. The number of carbonyl (C=O) groups excluding carboxylic acids is 1. The zero-order valence-corrected chi connectivity index (χ0v) is 11.0. The zero-order chi connectivity index (χ0) is 12.3. The van der Waals surface area contributed by atoms with Crippen molar-refractivity contribution in [2.24, 2.45) is 7.05 Å². The Morgan fingerprint density at radius 1 is 1.53 bits per heavy atom. The summed E-state index contributed by atoms with van der Waals surface area (Å²) >= 11 is 1.67. The summed E-state index contributed by atoms with van der Waals surface area (Å²) in [6.07, 6.45) is 2.24. The van der Waals surface area contributed by atoms with E-state index in [4.69, 9.17) is 0 Å². The van der Waals surface area contributed by atoms with Gasteiger partial charge < -0.3 is 0 Å². The van der Waals surface area contributed by atoms with Gasteiger partial charge in [0.25, 0.3) is 0 Å². The molecule has 0 bridgehead atoms. The monoisotopic (exact) mass is 248 g/mol. The first-order chi connectivity index (χ1) is 8.20. The first-order valence-electron chi connectivity index (χ1n) is 5.78. The molecule has 0 aromatic carbocycles. The Kier molecular flexibility index (Phi) is 3.74. The fourth-order valence-corrected chi connectivity index (χ4v) is 2.48. The van der Waals surface area contributed by atoms with Crippen molar-refractivity contribution in [3.05, 3.63) is 39.8 Å². The van der Waals surface area contributed by atoms with Gasteiger partial charge in [0, 0.05) is 13.5 Å². The van der Waals surface area contributed by atoms with Gasteiger partial charge in [-0.2, -0.15) is 16.4 Å². The molecule has 2 heterocycles. The average Bonchev–Trinajstić information content (AvgIpc) is 2.94. The Bertz CT molecular complexity index is 499. The number of carbonyl (C=O) groups is 1. The third kappa shape index (κ3) is 2.82. The Labute approximate surface area is 105 Å². The normalized spacial score (nSPS) is 10.7. The van der Waals surface area contributed by atoms with E-state index in [2.05, 4.69) is 16.5 Å². The molecule has 2 aromatic rings. The van der Waals surface area contributed by atoms with Crippen LogP contribution in [-0.2, 0) is 19.9 Å². The summed E-state index contributed by atoms with van der Waals surface area (Å²) in [5.41, 5.74) is 2.93. The second kappa shape index (κ2) is 5.27. The maximum absolute atomic E-state index is 12.0. The van der Waals surface area contributed by atoms with Gasteiger partial charge in [-0.1, -0.05) is 6.92 Å². The van der Waals surface area contributed by atoms with Crippen molar-refractivity contribution in [3.63, 3.8) is 0 Å². The number of Topliss-reactive ketones (excluding diaryl/α,β-unsaturated/α-hetero) is 1. The summed E-state index contributed by atoms with van der Waals surface area (Å²) in [6.45, 7) is 2.04. The van der Waals surface area contributed by atoms with Gasteiger partial charge in [-0.05, 0) is 41.3 Å². The van der Waals surface area contributed by atoms with E-state index in [1.807, 2.05) is 25.4 Å². The Balaban J connectivity index is 2.01. The molecule has 0 amide bonds. The summed E-state index contributed by atoms with van der Waals surface area (Å²) in [4.78, 5) is 12.0. The lowest BCUT2D eigenvalue weighted by atomic mass is 10.1. The number of hydrogen-bond acceptors (Lipinski definition) is 3. The second-order valence-corrected chi connectivity index (χ2v) is 4.83. The van der Waals surface area contributed by atoms with Crippen molar-refractivity contribution in [1.29, 1.82) is 0 Å². The molecular formula is C13H16N2OS. The van der Waals surface area contributed by atoms with E-state index in [0.717, 1.165) is 24.2 Å². The van der Waals surface area contributed by atoms with Crippen molar-refractivity contribution < 1.29 is 4.79 Å². The van der Waals surface area contributed by atoms with Crippen LogP contribution >= 0.6 is 11.3 Å². The molecule has 0 aliphatic carbocycles. The van der Waals surface area contributed by atoms with E-state index in [1.54, 1.807) is 16.0 Å². The highest BCUT2D eigenvalue weighted by atomic mass is 32.1. The van der Waals surface area contributed by atoms with Gasteiger partial charge in [0.05, 0.1) is 5.69 Å². The molecule has 0 unspecified atom stereocenters.